The first kappa shape index (κ1) is 14.7. The van der Waals surface area contributed by atoms with Crippen LogP contribution in [0.3, 0.4) is 0 Å². The van der Waals surface area contributed by atoms with Crippen molar-refractivity contribution in [3.8, 4) is 6.07 Å². The van der Waals surface area contributed by atoms with E-state index in [0.29, 0.717) is 25.1 Å². The third kappa shape index (κ3) is 3.16. The maximum atomic E-state index is 13.1. The Balaban J connectivity index is 1.78. The minimum Gasteiger partial charge on any atom is -0.392 e. The number of β-amino-alcohol motifs (C(OH)–C–C–N with tert-alkyl or cyclic N) is 1. The van der Waals surface area contributed by atoms with Crippen molar-refractivity contribution in [1.29, 1.82) is 5.26 Å². The standard InChI is InChI=1S/C18H17FN2O/c19-16-7-5-15(6-8-16)18-9-17(22)12-21(18)11-14-3-1-13(10-20)2-4-14/h1-8,17-18,22H,9,11-12H2. The van der Waals surface area contributed by atoms with Gasteiger partial charge in [0.05, 0.1) is 17.7 Å². The van der Waals surface area contributed by atoms with E-state index >= 15 is 0 Å². The summed E-state index contributed by atoms with van der Waals surface area (Å²) in [6.07, 6.45) is 0.287. The number of benzene rings is 2. The van der Waals surface area contributed by atoms with Gasteiger partial charge >= 0.3 is 0 Å². The molecule has 0 bridgehead atoms. The van der Waals surface area contributed by atoms with Crippen LogP contribution < -0.4 is 0 Å². The van der Waals surface area contributed by atoms with Crippen molar-refractivity contribution >= 4 is 0 Å². The van der Waals surface area contributed by atoms with Gasteiger partial charge in [-0.15, -0.1) is 0 Å². The first-order valence-corrected chi connectivity index (χ1v) is 7.32. The van der Waals surface area contributed by atoms with Gasteiger partial charge < -0.3 is 5.11 Å². The Kier molecular flexibility index (Phi) is 4.19. The van der Waals surface area contributed by atoms with Crippen molar-refractivity contribution in [2.24, 2.45) is 0 Å². The van der Waals surface area contributed by atoms with Gasteiger partial charge in [-0.2, -0.15) is 5.26 Å². The molecule has 3 nitrogen and oxygen atoms in total. The van der Waals surface area contributed by atoms with Crippen LogP contribution in [0.2, 0.25) is 0 Å². The maximum absolute atomic E-state index is 13.1. The molecule has 3 rings (SSSR count). The highest BCUT2D eigenvalue weighted by Crippen LogP contribution is 2.33. The molecule has 2 unspecified atom stereocenters. The maximum Gasteiger partial charge on any atom is 0.123 e. The fourth-order valence-corrected chi connectivity index (χ4v) is 3.01. The second-order valence-electron chi connectivity index (χ2n) is 5.70. The van der Waals surface area contributed by atoms with E-state index in [-0.39, 0.29) is 18.0 Å². The molecule has 2 atom stereocenters. The van der Waals surface area contributed by atoms with E-state index in [1.807, 2.05) is 12.1 Å². The summed E-state index contributed by atoms with van der Waals surface area (Å²) < 4.78 is 13.1. The van der Waals surface area contributed by atoms with Crippen molar-refractivity contribution < 1.29 is 9.50 Å². The van der Waals surface area contributed by atoms with Crippen molar-refractivity contribution in [3.63, 3.8) is 0 Å². The number of likely N-dealkylation sites (tertiary alicyclic amines) is 1. The van der Waals surface area contributed by atoms with Crippen LogP contribution in [0.1, 0.15) is 29.2 Å². The Morgan fingerprint density at radius 1 is 1.14 bits per heavy atom. The van der Waals surface area contributed by atoms with Crippen LogP contribution in [0.15, 0.2) is 48.5 Å². The number of halogens is 1. The van der Waals surface area contributed by atoms with Gasteiger partial charge in [0.15, 0.2) is 0 Å². The number of hydrogen-bond acceptors (Lipinski definition) is 3. The fourth-order valence-electron chi connectivity index (χ4n) is 3.01. The van der Waals surface area contributed by atoms with E-state index < -0.39 is 0 Å². The van der Waals surface area contributed by atoms with Crippen LogP contribution in [-0.2, 0) is 6.54 Å². The fraction of sp³-hybridized carbons (Fsp3) is 0.278. The molecule has 0 amide bonds. The molecule has 1 heterocycles. The van der Waals surface area contributed by atoms with Gasteiger partial charge in [0, 0.05) is 19.1 Å². The molecule has 0 spiro atoms. The number of aliphatic hydroxyl groups is 1. The smallest absolute Gasteiger partial charge is 0.123 e. The van der Waals surface area contributed by atoms with E-state index in [2.05, 4.69) is 11.0 Å². The molecule has 0 aliphatic carbocycles. The van der Waals surface area contributed by atoms with E-state index in [0.717, 1.165) is 11.1 Å². The van der Waals surface area contributed by atoms with Crippen molar-refractivity contribution in [3.05, 3.63) is 71.0 Å². The summed E-state index contributed by atoms with van der Waals surface area (Å²) in [5.41, 5.74) is 2.76. The number of nitrogens with zero attached hydrogens (tertiary/aromatic N) is 2. The van der Waals surface area contributed by atoms with Crippen LogP contribution in [0, 0.1) is 17.1 Å². The van der Waals surface area contributed by atoms with E-state index in [9.17, 15) is 9.50 Å². The van der Waals surface area contributed by atoms with E-state index in [1.54, 1.807) is 24.3 Å². The Labute approximate surface area is 129 Å². The quantitative estimate of drug-likeness (QED) is 0.947. The predicted molar refractivity (Wildman–Crippen MR) is 81.3 cm³/mol. The summed E-state index contributed by atoms with van der Waals surface area (Å²) in [4.78, 5) is 2.19. The molecule has 1 N–H and O–H groups in total. The molecule has 2 aromatic carbocycles. The monoisotopic (exact) mass is 296 g/mol. The van der Waals surface area contributed by atoms with Gasteiger partial charge in [-0.3, -0.25) is 4.90 Å². The van der Waals surface area contributed by atoms with Crippen LogP contribution in [0.5, 0.6) is 0 Å². The van der Waals surface area contributed by atoms with Crippen molar-refractivity contribution in [1.82, 2.24) is 4.90 Å². The Morgan fingerprint density at radius 2 is 1.82 bits per heavy atom. The zero-order valence-electron chi connectivity index (χ0n) is 12.1. The Morgan fingerprint density at radius 3 is 2.45 bits per heavy atom. The van der Waals surface area contributed by atoms with Crippen LogP contribution in [0.4, 0.5) is 4.39 Å². The minimum atomic E-state index is -0.367. The molecule has 1 saturated heterocycles. The Bertz CT molecular complexity index is 676. The lowest BCUT2D eigenvalue weighted by atomic mass is 10.0. The molecule has 4 heteroatoms. The summed E-state index contributed by atoms with van der Waals surface area (Å²) in [6.45, 7) is 1.30. The largest absolute Gasteiger partial charge is 0.392 e. The van der Waals surface area contributed by atoms with Gasteiger partial charge in [0.25, 0.3) is 0 Å². The summed E-state index contributed by atoms with van der Waals surface area (Å²) in [6, 6.07) is 16.1. The van der Waals surface area contributed by atoms with Gasteiger partial charge in [0.1, 0.15) is 5.82 Å². The molecular formula is C18H17FN2O. The number of rotatable bonds is 3. The second-order valence-corrected chi connectivity index (χ2v) is 5.70. The lowest BCUT2D eigenvalue weighted by molar-refractivity contribution is 0.172. The Hall–Kier alpha value is -2.22. The van der Waals surface area contributed by atoms with Gasteiger partial charge in [-0.05, 0) is 41.8 Å². The molecule has 1 fully saturated rings. The second kappa shape index (κ2) is 6.27. The minimum absolute atomic E-state index is 0.0891. The number of aliphatic hydroxyl groups excluding tert-OH is 1. The zero-order valence-corrected chi connectivity index (χ0v) is 12.1. The molecule has 1 aliphatic heterocycles. The molecular weight excluding hydrogens is 279 g/mol. The molecule has 1 aliphatic rings. The number of hydrogen-bond donors (Lipinski definition) is 1. The highest BCUT2D eigenvalue weighted by Gasteiger charge is 2.31. The normalized spacial score (nSPS) is 21.7. The van der Waals surface area contributed by atoms with Gasteiger partial charge in [-0.1, -0.05) is 24.3 Å². The van der Waals surface area contributed by atoms with Crippen molar-refractivity contribution in [2.45, 2.75) is 25.1 Å². The molecule has 2 aromatic rings. The summed E-state index contributed by atoms with van der Waals surface area (Å²) in [5.74, 6) is -0.249. The topological polar surface area (TPSA) is 47.3 Å². The summed E-state index contributed by atoms with van der Waals surface area (Å²) in [5, 5.41) is 18.8. The number of nitriles is 1. The van der Waals surface area contributed by atoms with Crippen LogP contribution in [-0.4, -0.2) is 22.7 Å². The first-order valence-electron chi connectivity index (χ1n) is 7.32. The lowest BCUT2D eigenvalue weighted by Crippen LogP contribution is -2.24. The van der Waals surface area contributed by atoms with E-state index in [4.69, 9.17) is 5.26 Å². The first-order chi connectivity index (χ1) is 10.7. The summed E-state index contributed by atoms with van der Waals surface area (Å²) >= 11 is 0. The third-order valence-electron chi connectivity index (χ3n) is 4.10. The molecule has 22 heavy (non-hydrogen) atoms. The molecule has 112 valence electrons. The highest BCUT2D eigenvalue weighted by molar-refractivity contribution is 5.32. The highest BCUT2D eigenvalue weighted by atomic mass is 19.1. The molecule has 0 saturated carbocycles. The lowest BCUT2D eigenvalue weighted by Gasteiger charge is -2.24. The predicted octanol–water partition coefficient (Wildman–Crippen LogP) is 3.01. The average molecular weight is 296 g/mol. The van der Waals surface area contributed by atoms with Gasteiger partial charge in [-0.25, -0.2) is 4.39 Å². The zero-order chi connectivity index (χ0) is 15.5. The summed E-state index contributed by atoms with van der Waals surface area (Å²) in [7, 11) is 0. The SMILES string of the molecule is N#Cc1ccc(CN2CC(O)CC2c2ccc(F)cc2)cc1. The van der Waals surface area contributed by atoms with Crippen LogP contribution >= 0.6 is 0 Å². The average Bonchev–Trinajstić information content (AvgIpc) is 2.89. The van der Waals surface area contributed by atoms with Gasteiger partial charge in [0.2, 0.25) is 0 Å². The van der Waals surface area contributed by atoms with Crippen molar-refractivity contribution in [2.75, 3.05) is 6.54 Å². The van der Waals surface area contributed by atoms with Crippen LogP contribution in [0.25, 0.3) is 0 Å². The molecule has 0 aromatic heterocycles. The molecule has 0 radical (unpaired) electrons. The van der Waals surface area contributed by atoms with E-state index in [1.165, 1.54) is 12.1 Å². The third-order valence-corrected chi connectivity index (χ3v) is 4.10.